The fourth-order valence-electron chi connectivity index (χ4n) is 2.65. The molecule has 3 nitrogen and oxygen atoms in total. The van der Waals surface area contributed by atoms with Gasteiger partial charge in [-0.15, -0.1) is 0 Å². The van der Waals surface area contributed by atoms with Crippen LogP contribution in [0.1, 0.15) is 17.2 Å². The molecule has 5 heteroatoms. The Bertz CT molecular complexity index is 652. The molecule has 0 aromatic heterocycles. The van der Waals surface area contributed by atoms with Crippen molar-refractivity contribution < 1.29 is 9.47 Å². The molecule has 1 aliphatic heterocycles. The number of para-hydroxylation sites is 1. The summed E-state index contributed by atoms with van der Waals surface area (Å²) in [5.41, 5.74) is 8.43. The number of fused-ring (bicyclic) bond motifs is 1. The molecule has 2 atom stereocenters. The van der Waals surface area contributed by atoms with Crippen LogP contribution in [0.25, 0.3) is 0 Å². The molecule has 0 radical (unpaired) electrons. The van der Waals surface area contributed by atoms with Gasteiger partial charge in [0.05, 0.1) is 17.6 Å². The van der Waals surface area contributed by atoms with Gasteiger partial charge in [0.15, 0.2) is 0 Å². The highest BCUT2D eigenvalue weighted by atomic mass is 79.9. The number of hydrogen-bond donors (Lipinski definition) is 1. The van der Waals surface area contributed by atoms with Crippen molar-refractivity contribution in [1.82, 2.24) is 0 Å². The molecule has 0 saturated carbocycles. The monoisotopic (exact) mass is 367 g/mol. The minimum absolute atomic E-state index is 0.123. The lowest BCUT2D eigenvalue weighted by atomic mass is 9.98. The molecule has 2 aromatic rings. The maximum Gasteiger partial charge on any atom is 0.138 e. The Kier molecular flexibility index (Phi) is 4.11. The smallest absolute Gasteiger partial charge is 0.138 e. The summed E-state index contributed by atoms with van der Waals surface area (Å²) in [5.74, 6) is 1.60. The van der Waals surface area contributed by atoms with Crippen molar-refractivity contribution in [2.24, 2.45) is 5.73 Å². The lowest BCUT2D eigenvalue weighted by Crippen LogP contribution is -2.30. The molecule has 0 spiro atoms. The van der Waals surface area contributed by atoms with E-state index < -0.39 is 0 Å². The Balaban J connectivity index is 1.92. The van der Waals surface area contributed by atoms with E-state index in [-0.39, 0.29) is 12.1 Å². The van der Waals surface area contributed by atoms with Gasteiger partial charge in [-0.3, -0.25) is 0 Å². The summed E-state index contributed by atoms with van der Waals surface area (Å²) in [6.07, 6.45) is 0.659. The van der Waals surface area contributed by atoms with E-state index in [1.807, 2.05) is 24.3 Å². The van der Waals surface area contributed by atoms with Crippen molar-refractivity contribution in [3.63, 3.8) is 0 Å². The van der Waals surface area contributed by atoms with Crippen molar-refractivity contribution >= 4 is 27.5 Å². The van der Waals surface area contributed by atoms with Crippen molar-refractivity contribution in [3.05, 3.63) is 57.0 Å². The van der Waals surface area contributed by atoms with Gasteiger partial charge in [-0.1, -0.05) is 29.8 Å². The molecule has 0 fully saturated rings. The molecule has 2 aromatic carbocycles. The number of halogens is 2. The zero-order chi connectivity index (χ0) is 15.0. The quantitative estimate of drug-likeness (QED) is 0.886. The molecular weight excluding hydrogens is 354 g/mol. The first-order valence-electron chi connectivity index (χ1n) is 6.63. The summed E-state index contributed by atoms with van der Waals surface area (Å²) >= 11 is 9.59. The average Bonchev–Trinajstić information content (AvgIpc) is 2.89. The standard InChI is InChI=1S/C16H15BrClNO2/c1-20-16-11(7-10(18)8-12(16)17)15(19)14-6-9-4-2-3-5-13(9)21-14/h2-5,7-8,14-15H,6,19H2,1H3. The predicted octanol–water partition coefficient (Wildman–Crippen LogP) is 4.11. The third-order valence-electron chi connectivity index (χ3n) is 3.67. The normalized spacial score (nSPS) is 18.0. The van der Waals surface area contributed by atoms with Gasteiger partial charge < -0.3 is 15.2 Å². The topological polar surface area (TPSA) is 44.5 Å². The van der Waals surface area contributed by atoms with Crippen LogP contribution in [0.5, 0.6) is 11.5 Å². The van der Waals surface area contributed by atoms with Gasteiger partial charge in [0.2, 0.25) is 0 Å². The number of benzene rings is 2. The zero-order valence-electron chi connectivity index (χ0n) is 11.5. The molecule has 2 N–H and O–H groups in total. The molecule has 0 bridgehead atoms. The Morgan fingerprint density at radius 1 is 1.38 bits per heavy atom. The fourth-order valence-corrected chi connectivity index (χ4v) is 3.65. The Morgan fingerprint density at radius 2 is 2.14 bits per heavy atom. The van der Waals surface area contributed by atoms with Crippen LogP contribution >= 0.6 is 27.5 Å². The van der Waals surface area contributed by atoms with E-state index in [0.717, 1.165) is 22.2 Å². The Hall–Kier alpha value is -1.23. The van der Waals surface area contributed by atoms with Gasteiger partial charge in [-0.05, 0) is 39.7 Å². The Labute approximate surface area is 137 Å². The van der Waals surface area contributed by atoms with Gasteiger partial charge in [0.1, 0.15) is 17.6 Å². The van der Waals surface area contributed by atoms with E-state index in [0.29, 0.717) is 10.8 Å². The molecule has 21 heavy (non-hydrogen) atoms. The second kappa shape index (κ2) is 5.87. The molecule has 0 amide bonds. The molecular formula is C16H15BrClNO2. The van der Waals surface area contributed by atoms with E-state index in [1.165, 1.54) is 5.56 Å². The van der Waals surface area contributed by atoms with Crippen molar-refractivity contribution in [3.8, 4) is 11.5 Å². The van der Waals surface area contributed by atoms with Crippen molar-refractivity contribution in [2.45, 2.75) is 18.6 Å². The van der Waals surface area contributed by atoms with Crippen LogP contribution in [0.15, 0.2) is 40.9 Å². The van der Waals surface area contributed by atoms with Crippen molar-refractivity contribution in [2.75, 3.05) is 7.11 Å². The summed E-state index contributed by atoms with van der Waals surface area (Å²) in [6, 6.07) is 11.3. The van der Waals surface area contributed by atoms with Crippen LogP contribution in [-0.2, 0) is 6.42 Å². The Morgan fingerprint density at radius 3 is 2.86 bits per heavy atom. The fraction of sp³-hybridized carbons (Fsp3) is 0.250. The summed E-state index contributed by atoms with van der Waals surface area (Å²) in [4.78, 5) is 0. The molecule has 0 saturated heterocycles. The lowest BCUT2D eigenvalue weighted by molar-refractivity contribution is 0.197. The number of hydrogen-bond acceptors (Lipinski definition) is 3. The molecule has 1 heterocycles. The van der Waals surface area contributed by atoms with E-state index >= 15 is 0 Å². The summed E-state index contributed by atoms with van der Waals surface area (Å²) in [6.45, 7) is 0. The SMILES string of the molecule is COc1c(Br)cc(Cl)cc1C(N)C1Cc2ccccc2O1. The van der Waals surface area contributed by atoms with Crippen LogP contribution < -0.4 is 15.2 Å². The largest absolute Gasteiger partial charge is 0.495 e. The molecule has 3 rings (SSSR count). The highest BCUT2D eigenvalue weighted by molar-refractivity contribution is 9.10. The zero-order valence-corrected chi connectivity index (χ0v) is 13.8. The van der Waals surface area contributed by atoms with E-state index in [2.05, 4.69) is 22.0 Å². The van der Waals surface area contributed by atoms with Gasteiger partial charge >= 0.3 is 0 Å². The van der Waals surface area contributed by atoms with Crippen LogP contribution in [-0.4, -0.2) is 13.2 Å². The molecule has 110 valence electrons. The van der Waals surface area contributed by atoms with Gasteiger partial charge in [-0.25, -0.2) is 0 Å². The highest BCUT2D eigenvalue weighted by Crippen LogP contribution is 2.39. The average molecular weight is 369 g/mol. The van der Waals surface area contributed by atoms with Crippen molar-refractivity contribution in [1.29, 1.82) is 0 Å². The molecule has 2 unspecified atom stereocenters. The first kappa shape index (κ1) is 14.7. The van der Waals surface area contributed by atoms with Crippen LogP contribution in [0.2, 0.25) is 5.02 Å². The second-order valence-electron chi connectivity index (χ2n) is 5.00. The maximum atomic E-state index is 6.41. The van der Waals surface area contributed by atoms with Crippen LogP contribution in [0, 0.1) is 0 Å². The van der Waals surface area contributed by atoms with Gasteiger partial charge in [-0.2, -0.15) is 0 Å². The number of rotatable bonds is 3. The minimum atomic E-state index is -0.317. The van der Waals surface area contributed by atoms with E-state index in [4.69, 9.17) is 26.8 Å². The van der Waals surface area contributed by atoms with Gasteiger partial charge in [0, 0.05) is 17.0 Å². The lowest BCUT2D eigenvalue weighted by Gasteiger charge is -2.22. The van der Waals surface area contributed by atoms with Crippen LogP contribution in [0.4, 0.5) is 0 Å². The third-order valence-corrected chi connectivity index (χ3v) is 4.48. The highest BCUT2D eigenvalue weighted by Gasteiger charge is 2.31. The number of ether oxygens (including phenoxy) is 2. The predicted molar refractivity (Wildman–Crippen MR) is 87.2 cm³/mol. The maximum absolute atomic E-state index is 6.41. The third kappa shape index (κ3) is 2.76. The second-order valence-corrected chi connectivity index (χ2v) is 6.29. The van der Waals surface area contributed by atoms with Gasteiger partial charge in [0.25, 0.3) is 0 Å². The summed E-state index contributed by atoms with van der Waals surface area (Å²) < 4.78 is 12.2. The molecule has 1 aliphatic rings. The summed E-state index contributed by atoms with van der Waals surface area (Å²) in [7, 11) is 1.62. The first-order valence-corrected chi connectivity index (χ1v) is 7.80. The number of nitrogens with two attached hydrogens (primary N) is 1. The van der Waals surface area contributed by atoms with E-state index in [9.17, 15) is 0 Å². The first-order chi connectivity index (χ1) is 10.1. The van der Waals surface area contributed by atoms with Crippen LogP contribution in [0.3, 0.4) is 0 Å². The number of methoxy groups -OCH3 is 1. The minimum Gasteiger partial charge on any atom is -0.495 e. The van der Waals surface area contributed by atoms with E-state index in [1.54, 1.807) is 13.2 Å². The molecule has 0 aliphatic carbocycles. The summed E-state index contributed by atoms with van der Waals surface area (Å²) in [5, 5.41) is 0.614.